The summed E-state index contributed by atoms with van der Waals surface area (Å²) in [7, 11) is 3.12. The van der Waals surface area contributed by atoms with Crippen LogP contribution in [0.1, 0.15) is 32.4 Å². The third kappa shape index (κ3) is 3.07. The van der Waals surface area contributed by atoms with Gasteiger partial charge in [-0.15, -0.1) is 0 Å². The van der Waals surface area contributed by atoms with Crippen molar-refractivity contribution in [3.63, 3.8) is 0 Å². The van der Waals surface area contributed by atoms with Crippen molar-refractivity contribution in [1.82, 2.24) is 20.2 Å². The van der Waals surface area contributed by atoms with E-state index in [1.54, 1.807) is 51.8 Å². The molecule has 1 unspecified atom stereocenters. The van der Waals surface area contributed by atoms with E-state index in [2.05, 4.69) is 20.8 Å². The minimum Gasteiger partial charge on any atom is -0.493 e. The first-order chi connectivity index (χ1) is 12.5. The molecule has 1 aliphatic heterocycles. The maximum atomic E-state index is 12.8. The van der Waals surface area contributed by atoms with Crippen LogP contribution in [0.25, 0.3) is 0 Å². The Morgan fingerprint density at radius 1 is 1.23 bits per heavy atom. The van der Waals surface area contributed by atoms with Gasteiger partial charge in [0.25, 0.3) is 0 Å². The van der Waals surface area contributed by atoms with Gasteiger partial charge in [0.1, 0.15) is 6.04 Å². The van der Waals surface area contributed by atoms with Gasteiger partial charge in [0.2, 0.25) is 5.95 Å². The molecule has 26 heavy (non-hydrogen) atoms. The summed E-state index contributed by atoms with van der Waals surface area (Å²) in [5.41, 5.74) is 1.84. The number of fused-ring (bicyclic) bond motifs is 1. The second kappa shape index (κ2) is 7.03. The molecule has 0 amide bonds. The number of hydrogen-bond donors (Lipinski definition) is 1. The summed E-state index contributed by atoms with van der Waals surface area (Å²) >= 11 is 0. The van der Waals surface area contributed by atoms with Gasteiger partial charge in [0.15, 0.2) is 11.5 Å². The molecule has 2 aromatic rings. The molecule has 1 aliphatic rings. The first-order valence-corrected chi connectivity index (χ1v) is 8.14. The van der Waals surface area contributed by atoms with Crippen molar-refractivity contribution in [1.29, 1.82) is 0 Å². The van der Waals surface area contributed by atoms with E-state index in [0.717, 1.165) is 5.56 Å². The molecule has 1 atom stereocenters. The topological polar surface area (TPSA) is 100 Å². The molecule has 0 saturated carbocycles. The molecule has 0 radical (unpaired) electrons. The van der Waals surface area contributed by atoms with Crippen LogP contribution in [0.4, 0.5) is 5.95 Å². The molecular formula is C17H21N5O4. The fraction of sp³-hybridized carbons (Fsp3) is 0.412. The molecule has 1 aromatic heterocycles. The molecule has 0 spiro atoms. The quantitative estimate of drug-likeness (QED) is 0.808. The lowest BCUT2D eigenvalue weighted by molar-refractivity contribution is -0.143. The zero-order chi connectivity index (χ0) is 18.8. The highest BCUT2D eigenvalue weighted by molar-refractivity contribution is 5.92. The average Bonchev–Trinajstić information content (AvgIpc) is 3.07. The molecule has 0 bridgehead atoms. The van der Waals surface area contributed by atoms with Gasteiger partial charge in [-0.2, -0.15) is 4.68 Å². The third-order valence-electron chi connectivity index (χ3n) is 4.00. The molecule has 9 nitrogen and oxygen atoms in total. The summed E-state index contributed by atoms with van der Waals surface area (Å²) in [6, 6.07) is 4.88. The predicted molar refractivity (Wildman–Crippen MR) is 93.1 cm³/mol. The number of anilines is 1. The lowest BCUT2D eigenvalue weighted by Gasteiger charge is -2.28. The normalized spacial score (nSPS) is 16.2. The first-order valence-electron chi connectivity index (χ1n) is 8.14. The summed E-state index contributed by atoms with van der Waals surface area (Å²) in [6.07, 6.45) is -0.246. The second-order valence-corrected chi connectivity index (χ2v) is 6.08. The Bertz CT molecular complexity index is 859. The van der Waals surface area contributed by atoms with Gasteiger partial charge in [-0.05, 0) is 48.9 Å². The van der Waals surface area contributed by atoms with Crippen molar-refractivity contribution in [3.8, 4) is 11.5 Å². The highest BCUT2D eigenvalue weighted by Gasteiger charge is 2.35. The number of ether oxygens (including phenoxy) is 3. The highest BCUT2D eigenvalue weighted by Crippen LogP contribution is 2.38. The van der Waals surface area contributed by atoms with E-state index in [-0.39, 0.29) is 6.10 Å². The van der Waals surface area contributed by atoms with E-state index in [1.165, 1.54) is 0 Å². The number of rotatable bonds is 5. The van der Waals surface area contributed by atoms with E-state index in [1.807, 2.05) is 6.07 Å². The largest absolute Gasteiger partial charge is 0.493 e. The van der Waals surface area contributed by atoms with Crippen LogP contribution in [0, 0.1) is 0 Å². The van der Waals surface area contributed by atoms with Gasteiger partial charge < -0.3 is 19.5 Å². The zero-order valence-corrected chi connectivity index (χ0v) is 15.3. The number of methoxy groups -OCH3 is 2. The number of carbonyl (C=O) groups is 1. The number of carbonyl (C=O) groups excluding carboxylic acids is 1. The molecule has 0 aliphatic carbocycles. The fourth-order valence-electron chi connectivity index (χ4n) is 2.89. The van der Waals surface area contributed by atoms with Crippen molar-refractivity contribution in [2.45, 2.75) is 32.9 Å². The Kier molecular flexibility index (Phi) is 4.79. The number of nitrogens with one attached hydrogen (secondary N) is 1. The molecule has 3 rings (SSSR count). The van der Waals surface area contributed by atoms with Gasteiger partial charge in [0, 0.05) is 5.70 Å². The van der Waals surface area contributed by atoms with Crippen molar-refractivity contribution in [2.24, 2.45) is 0 Å². The molecule has 0 fully saturated rings. The van der Waals surface area contributed by atoms with E-state index in [9.17, 15) is 4.79 Å². The lowest BCUT2D eigenvalue weighted by atomic mass is 9.95. The number of benzene rings is 1. The Morgan fingerprint density at radius 3 is 2.62 bits per heavy atom. The Balaban J connectivity index is 2.13. The zero-order valence-electron chi connectivity index (χ0n) is 15.3. The Labute approximate surface area is 150 Å². The predicted octanol–water partition coefficient (Wildman–Crippen LogP) is 1.93. The lowest BCUT2D eigenvalue weighted by Crippen LogP contribution is -2.30. The summed E-state index contributed by atoms with van der Waals surface area (Å²) in [4.78, 5) is 12.8. The van der Waals surface area contributed by atoms with Crippen LogP contribution in [0.5, 0.6) is 11.5 Å². The van der Waals surface area contributed by atoms with E-state index in [4.69, 9.17) is 14.2 Å². The molecule has 1 N–H and O–H groups in total. The van der Waals surface area contributed by atoms with Crippen LogP contribution in [0.2, 0.25) is 0 Å². The van der Waals surface area contributed by atoms with Crippen LogP contribution in [0.15, 0.2) is 29.5 Å². The van der Waals surface area contributed by atoms with Crippen LogP contribution in [-0.4, -0.2) is 46.5 Å². The van der Waals surface area contributed by atoms with Crippen molar-refractivity contribution < 1.29 is 19.0 Å². The van der Waals surface area contributed by atoms with Gasteiger partial charge in [-0.3, -0.25) is 0 Å². The summed E-state index contributed by atoms with van der Waals surface area (Å²) < 4.78 is 17.7. The molecule has 138 valence electrons. The number of tetrazole rings is 1. The van der Waals surface area contributed by atoms with Crippen LogP contribution in [-0.2, 0) is 9.53 Å². The van der Waals surface area contributed by atoms with Crippen molar-refractivity contribution in [3.05, 3.63) is 35.0 Å². The SMILES string of the molecule is COc1ccc(C2C(C(=O)OC(C)C)=C(C)Nc3nnnn32)cc1OC. The standard InChI is InChI=1S/C17H21N5O4/c1-9(2)26-16(23)14-10(3)18-17-19-20-21-22(17)15(14)11-6-7-12(24-4)13(8-11)25-5/h6-9,15H,1-5H3,(H,18,19,21). The van der Waals surface area contributed by atoms with Gasteiger partial charge >= 0.3 is 5.97 Å². The Hall–Kier alpha value is -3.10. The van der Waals surface area contributed by atoms with Crippen LogP contribution in [0.3, 0.4) is 0 Å². The van der Waals surface area contributed by atoms with E-state index >= 15 is 0 Å². The van der Waals surface area contributed by atoms with E-state index < -0.39 is 12.0 Å². The number of esters is 1. The van der Waals surface area contributed by atoms with Crippen molar-refractivity contribution >= 4 is 11.9 Å². The minimum atomic E-state index is -0.549. The molecule has 0 saturated heterocycles. The van der Waals surface area contributed by atoms with Gasteiger partial charge in [-0.25, -0.2) is 4.79 Å². The first kappa shape index (κ1) is 17.7. The summed E-state index contributed by atoms with van der Waals surface area (Å²) in [5, 5.41) is 14.8. The van der Waals surface area contributed by atoms with E-state index in [0.29, 0.717) is 28.7 Å². The van der Waals surface area contributed by atoms with Crippen LogP contribution >= 0.6 is 0 Å². The smallest absolute Gasteiger partial charge is 0.338 e. The molecule has 2 heterocycles. The molecular weight excluding hydrogens is 338 g/mol. The Morgan fingerprint density at radius 2 is 1.96 bits per heavy atom. The average molecular weight is 359 g/mol. The monoisotopic (exact) mass is 359 g/mol. The van der Waals surface area contributed by atoms with Crippen LogP contribution < -0.4 is 14.8 Å². The fourth-order valence-corrected chi connectivity index (χ4v) is 2.89. The number of aromatic nitrogens is 4. The summed E-state index contributed by atoms with van der Waals surface area (Å²) in [5.74, 6) is 1.16. The van der Waals surface area contributed by atoms with Crippen molar-refractivity contribution in [2.75, 3.05) is 19.5 Å². The highest BCUT2D eigenvalue weighted by atomic mass is 16.5. The number of hydrogen-bond acceptors (Lipinski definition) is 8. The number of nitrogens with zero attached hydrogens (tertiary/aromatic N) is 4. The number of allylic oxidation sites excluding steroid dienone is 1. The second-order valence-electron chi connectivity index (χ2n) is 6.08. The third-order valence-corrected chi connectivity index (χ3v) is 4.00. The summed E-state index contributed by atoms with van der Waals surface area (Å²) in [6.45, 7) is 5.40. The minimum absolute atomic E-state index is 0.246. The maximum absolute atomic E-state index is 12.8. The maximum Gasteiger partial charge on any atom is 0.338 e. The molecule has 9 heteroatoms. The molecule has 1 aromatic carbocycles. The van der Waals surface area contributed by atoms with Gasteiger partial charge in [0.05, 0.1) is 25.9 Å². The van der Waals surface area contributed by atoms with Gasteiger partial charge in [-0.1, -0.05) is 11.2 Å².